The third-order valence-electron chi connectivity index (χ3n) is 5.37. The third kappa shape index (κ3) is 5.27. The van der Waals surface area contributed by atoms with Gasteiger partial charge in [0.2, 0.25) is 15.9 Å². The topological polar surface area (TPSA) is 69.7 Å². The number of rotatable bonds is 7. The number of hydrogen-bond donors (Lipinski definition) is 1. The first-order valence-corrected chi connectivity index (χ1v) is 11.3. The van der Waals surface area contributed by atoms with Crippen molar-refractivity contribution in [1.82, 2.24) is 14.5 Å². The second-order valence-electron chi connectivity index (χ2n) is 7.29. The first-order chi connectivity index (χ1) is 13.0. The number of carbonyl (C=O) groups is 1. The zero-order chi connectivity index (χ0) is 19.3. The summed E-state index contributed by atoms with van der Waals surface area (Å²) in [5.41, 5.74) is 0.574. The van der Waals surface area contributed by atoms with Crippen molar-refractivity contribution in [2.24, 2.45) is 0 Å². The lowest BCUT2D eigenvalue weighted by Crippen LogP contribution is -2.45. The molecule has 0 bridgehead atoms. The third-order valence-corrected chi connectivity index (χ3v) is 7.24. The van der Waals surface area contributed by atoms with E-state index in [0.29, 0.717) is 31.6 Å². The molecular weight excluding hydrogens is 369 g/mol. The Balaban J connectivity index is 1.50. The molecule has 0 saturated carbocycles. The Morgan fingerprint density at radius 1 is 1.11 bits per heavy atom. The van der Waals surface area contributed by atoms with E-state index in [2.05, 4.69) is 5.32 Å². The molecule has 0 aliphatic carbocycles. The van der Waals surface area contributed by atoms with Gasteiger partial charge in [0.1, 0.15) is 5.82 Å². The highest BCUT2D eigenvalue weighted by atomic mass is 32.2. The summed E-state index contributed by atoms with van der Waals surface area (Å²) in [7, 11) is -3.31. The summed E-state index contributed by atoms with van der Waals surface area (Å²) in [6, 6.07) is 6.26. The van der Waals surface area contributed by atoms with Gasteiger partial charge in [-0.2, -0.15) is 0 Å². The van der Waals surface area contributed by atoms with Crippen molar-refractivity contribution in [2.75, 3.05) is 31.9 Å². The van der Waals surface area contributed by atoms with Gasteiger partial charge in [0.15, 0.2) is 0 Å². The number of likely N-dealkylation sites (tertiary alicyclic amines) is 1. The molecule has 2 fully saturated rings. The number of sulfonamides is 1. The maximum absolute atomic E-state index is 13.9. The predicted molar refractivity (Wildman–Crippen MR) is 102 cm³/mol. The zero-order valence-corrected chi connectivity index (χ0v) is 16.4. The molecule has 2 aliphatic heterocycles. The molecule has 150 valence electrons. The van der Waals surface area contributed by atoms with E-state index in [1.165, 1.54) is 10.4 Å². The van der Waals surface area contributed by atoms with Crippen LogP contribution < -0.4 is 5.32 Å². The van der Waals surface area contributed by atoms with Crippen LogP contribution in [0.4, 0.5) is 4.39 Å². The first-order valence-electron chi connectivity index (χ1n) is 9.70. The van der Waals surface area contributed by atoms with Crippen molar-refractivity contribution in [3.05, 3.63) is 35.6 Å². The smallest absolute Gasteiger partial charge is 0.237 e. The lowest BCUT2D eigenvalue weighted by molar-refractivity contribution is -0.125. The first kappa shape index (κ1) is 20.2. The fourth-order valence-corrected chi connectivity index (χ4v) is 5.28. The van der Waals surface area contributed by atoms with Crippen molar-refractivity contribution in [2.45, 2.75) is 44.7 Å². The number of hydrogen-bond acceptors (Lipinski definition) is 4. The molecular formula is C19H28FN3O3S. The van der Waals surface area contributed by atoms with Crippen molar-refractivity contribution in [1.29, 1.82) is 0 Å². The van der Waals surface area contributed by atoms with Crippen LogP contribution in [0.3, 0.4) is 0 Å². The Kier molecular flexibility index (Phi) is 6.83. The van der Waals surface area contributed by atoms with Crippen LogP contribution in [0.2, 0.25) is 0 Å². The molecule has 0 radical (unpaired) electrons. The van der Waals surface area contributed by atoms with Gasteiger partial charge in [0.25, 0.3) is 0 Å². The van der Waals surface area contributed by atoms with E-state index in [-0.39, 0.29) is 30.1 Å². The molecule has 1 unspecified atom stereocenters. The number of nitrogens with zero attached hydrogens (tertiary/aromatic N) is 2. The maximum Gasteiger partial charge on any atom is 0.237 e. The molecule has 1 aromatic carbocycles. The number of amides is 1. The van der Waals surface area contributed by atoms with Gasteiger partial charge in [-0.1, -0.05) is 24.6 Å². The summed E-state index contributed by atoms with van der Waals surface area (Å²) in [6.07, 6.45) is 4.46. The standard InChI is InChI=1S/C19H28FN3O3S/c20-17-8-3-2-7-16(17)15-22-11-6-9-18(22)19(24)21-10-14-27(25,26)23-12-4-1-5-13-23/h2-3,7-8,18H,1,4-6,9-15H2,(H,21,24). The van der Waals surface area contributed by atoms with Crippen molar-refractivity contribution in [3.63, 3.8) is 0 Å². The van der Waals surface area contributed by atoms with Crippen LogP contribution >= 0.6 is 0 Å². The van der Waals surface area contributed by atoms with E-state index in [1.807, 2.05) is 4.90 Å². The quantitative estimate of drug-likeness (QED) is 0.761. The lowest BCUT2D eigenvalue weighted by Gasteiger charge is -2.26. The highest BCUT2D eigenvalue weighted by molar-refractivity contribution is 7.89. The molecule has 0 aromatic heterocycles. The number of carbonyl (C=O) groups excluding carboxylic acids is 1. The number of nitrogens with one attached hydrogen (secondary N) is 1. The molecule has 1 amide bonds. The Morgan fingerprint density at radius 3 is 2.59 bits per heavy atom. The van der Waals surface area contributed by atoms with Crippen LogP contribution in [0.15, 0.2) is 24.3 Å². The molecule has 0 spiro atoms. The minimum absolute atomic E-state index is 0.0707. The SMILES string of the molecule is O=C(NCCS(=O)(=O)N1CCCCC1)C1CCCN1Cc1ccccc1F. The van der Waals surface area contributed by atoms with E-state index >= 15 is 0 Å². The highest BCUT2D eigenvalue weighted by Crippen LogP contribution is 2.21. The van der Waals surface area contributed by atoms with Gasteiger partial charge < -0.3 is 5.32 Å². The van der Waals surface area contributed by atoms with Crippen LogP contribution in [0.1, 0.15) is 37.7 Å². The van der Waals surface area contributed by atoms with Crippen LogP contribution in [-0.2, 0) is 21.4 Å². The van der Waals surface area contributed by atoms with E-state index in [4.69, 9.17) is 0 Å². The second kappa shape index (κ2) is 9.12. The number of benzene rings is 1. The monoisotopic (exact) mass is 397 g/mol. The van der Waals surface area contributed by atoms with Crippen molar-refractivity contribution in [3.8, 4) is 0 Å². The van der Waals surface area contributed by atoms with Crippen LogP contribution in [0.5, 0.6) is 0 Å². The van der Waals surface area contributed by atoms with Crippen LogP contribution in [0, 0.1) is 5.82 Å². The molecule has 1 aromatic rings. The normalized spacial score (nSPS) is 22.0. The molecule has 8 heteroatoms. The predicted octanol–water partition coefficient (Wildman–Crippen LogP) is 1.72. The fourth-order valence-electron chi connectivity index (χ4n) is 3.85. The van der Waals surface area contributed by atoms with Gasteiger partial charge in [-0.15, -0.1) is 0 Å². The van der Waals surface area contributed by atoms with Gasteiger partial charge in [-0.3, -0.25) is 9.69 Å². The summed E-state index contributed by atoms with van der Waals surface area (Å²) >= 11 is 0. The van der Waals surface area contributed by atoms with E-state index in [0.717, 1.165) is 32.2 Å². The molecule has 1 N–H and O–H groups in total. The number of piperidine rings is 1. The van der Waals surface area contributed by atoms with E-state index < -0.39 is 10.0 Å². The zero-order valence-electron chi connectivity index (χ0n) is 15.6. The molecule has 27 heavy (non-hydrogen) atoms. The van der Waals surface area contributed by atoms with Crippen LogP contribution in [-0.4, -0.2) is 61.5 Å². The minimum Gasteiger partial charge on any atom is -0.354 e. The fraction of sp³-hybridized carbons (Fsp3) is 0.632. The van der Waals surface area contributed by atoms with Crippen LogP contribution in [0.25, 0.3) is 0 Å². The molecule has 2 heterocycles. The molecule has 2 saturated heterocycles. The highest BCUT2D eigenvalue weighted by Gasteiger charge is 2.31. The number of halogens is 1. The average molecular weight is 398 g/mol. The second-order valence-corrected chi connectivity index (χ2v) is 9.38. The summed E-state index contributed by atoms with van der Waals surface area (Å²) in [6.45, 7) is 2.39. The van der Waals surface area contributed by atoms with Gasteiger partial charge in [0.05, 0.1) is 11.8 Å². The molecule has 3 rings (SSSR count). The summed E-state index contributed by atoms with van der Waals surface area (Å²) < 4.78 is 40.1. The molecule has 1 atom stereocenters. The Morgan fingerprint density at radius 2 is 1.85 bits per heavy atom. The summed E-state index contributed by atoms with van der Waals surface area (Å²) in [4.78, 5) is 14.5. The van der Waals surface area contributed by atoms with Gasteiger partial charge >= 0.3 is 0 Å². The van der Waals surface area contributed by atoms with Gasteiger partial charge in [-0.25, -0.2) is 17.1 Å². The minimum atomic E-state index is -3.31. The van der Waals surface area contributed by atoms with E-state index in [9.17, 15) is 17.6 Å². The van der Waals surface area contributed by atoms with Crippen molar-refractivity contribution < 1.29 is 17.6 Å². The average Bonchev–Trinajstić information content (AvgIpc) is 3.12. The Hall–Kier alpha value is -1.51. The Bertz CT molecular complexity index is 750. The largest absolute Gasteiger partial charge is 0.354 e. The summed E-state index contributed by atoms with van der Waals surface area (Å²) in [5, 5.41) is 2.77. The van der Waals surface area contributed by atoms with Gasteiger partial charge in [0, 0.05) is 31.7 Å². The molecule has 6 nitrogen and oxygen atoms in total. The molecule has 2 aliphatic rings. The summed E-state index contributed by atoms with van der Waals surface area (Å²) in [5.74, 6) is -0.507. The maximum atomic E-state index is 13.9. The lowest BCUT2D eigenvalue weighted by atomic mass is 10.1. The van der Waals surface area contributed by atoms with Gasteiger partial charge in [-0.05, 0) is 38.3 Å². The van der Waals surface area contributed by atoms with Crippen molar-refractivity contribution >= 4 is 15.9 Å². The Labute approximate surface area is 160 Å². The van der Waals surface area contributed by atoms with E-state index in [1.54, 1.807) is 18.2 Å².